The zero-order valence-corrected chi connectivity index (χ0v) is 8.88. The second kappa shape index (κ2) is 5.03. The molecule has 0 radical (unpaired) electrons. The van der Waals surface area contributed by atoms with Crippen LogP contribution in [0.25, 0.3) is 0 Å². The third kappa shape index (κ3) is 2.85. The highest BCUT2D eigenvalue weighted by molar-refractivity contribution is 5.35. The summed E-state index contributed by atoms with van der Waals surface area (Å²) in [5, 5.41) is 0. The van der Waals surface area contributed by atoms with E-state index < -0.39 is 0 Å². The first kappa shape index (κ1) is 10.3. The Morgan fingerprint density at radius 2 is 1.69 bits per heavy atom. The number of rotatable bonds is 2. The van der Waals surface area contributed by atoms with Gasteiger partial charge >= 0.3 is 0 Å². The van der Waals surface area contributed by atoms with Crippen molar-refractivity contribution in [2.45, 2.75) is 20.3 Å². The highest BCUT2D eigenvalue weighted by Gasteiger charge is 2.11. The summed E-state index contributed by atoms with van der Waals surface area (Å²) in [6.07, 6.45) is 9.90. The van der Waals surface area contributed by atoms with Crippen LogP contribution in [0.2, 0.25) is 0 Å². The Morgan fingerprint density at radius 1 is 1.08 bits per heavy atom. The van der Waals surface area contributed by atoms with Crippen LogP contribution < -0.4 is 0 Å². The predicted octanol–water partition coefficient (Wildman–Crippen LogP) is 2.77. The molecule has 1 heteroatoms. The molecule has 0 spiro atoms. The molecule has 13 heavy (non-hydrogen) atoms. The third-order valence-electron chi connectivity index (χ3n) is 2.35. The molecule has 0 atom stereocenters. The molecule has 1 nitrogen and oxygen atoms in total. The van der Waals surface area contributed by atoms with Crippen molar-refractivity contribution in [2.24, 2.45) is 0 Å². The third-order valence-corrected chi connectivity index (χ3v) is 2.35. The summed E-state index contributed by atoms with van der Waals surface area (Å²) in [7, 11) is 2.18. The summed E-state index contributed by atoms with van der Waals surface area (Å²) in [6, 6.07) is 0. The smallest absolute Gasteiger partial charge is 0.0233 e. The van der Waals surface area contributed by atoms with Gasteiger partial charge in [0.15, 0.2) is 0 Å². The van der Waals surface area contributed by atoms with Gasteiger partial charge in [0, 0.05) is 13.1 Å². The summed E-state index contributed by atoms with van der Waals surface area (Å²) in [4.78, 5) is 2.36. The summed E-state index contributed by atoms with van der Waals surface area (Å²) >= 11 is 0. The molecule has 0 fully saturated rings. The van der Waals surface area contributed by atoms with E-state index in [4.69, 9.17) is 0 Å². The molecule has 72 valence electrons. The fraction of sp³-hybridized carbons (Fsp3) is 0.500. The second-order valence-corrected chi connectivity index (χ2v) is 3.54. The highest BCUT2D eigenvalue weighted by Crippen LogP contribution is 2.18. The zero-order chi connectivity index (χ0) is 9.68. The number of allylic oxidation sites excluding steroid dienone is 3. The van der Waals surface area contributed by atoms with Crippen molar-refractivity contribution >= 4 is 0 Å². The van der Waals surface area contributed by atoms with E-state index in [0.717, 1.165) is 6.54 Å². The van der Waals surface area contributed by atoms with E-state index in [9.17, 15) is 0 Å². The van der Waals surface area contributed by atoms with E-state index in [1.165, 1.54) is 24.1 Å². The van der Waals surface area contributed by atoms with Gasteiger partial charge in [-0.15, -0.1) is 0 Å². The minimum Gasteiger partial charge on any atom is -0.302 e. The molecular weight excluding hydrogens is 158 g/mol. The van der Waals surface area contributed by atoms with E-state index in [1.54, 1.807) is 0 Å². The monoisotopic (exact) mass is 177 g/mol. The SMILES string of the molecule is C/C=C\C1=C(/C=C\C)CN(C)CC1. The lowest BCUT2D eigenvalue weighted by atomic mass is 9.99. The fourth-order valence-corrected chi connectivity index (χ4v) is 1.70. The average Bonchev–Trinajstić information content (AvgIpc) is 2.10. The maximum absolute atomic E-state index is 2.36. The maximum Gasteiger partial charge on any atom is 0.0233 e. The van der Waals surface area contributed by atoms with Gasteiger partial charge in [-0.2, -0.15) is 0 Å². The highest BCUT2D eigenvalue weighted by atomic mass is 15.1. The van der Waals surface area contributed by atoms with Gasteiger partial charge in [-0.1, -0.05) is 24.3 Å². The Hall–Kier alpha value is -0.820. The van der Waals surface area contributed by atoms with Gasteiger partial charge < -0.3 is 4.90 Å². The van der Waals surface area contributed by atoms with E-state index in [2.05, 4.69) is 50.1 Å². The first-order valence-corrected chi connectivity index (χ1v) is 4.94. The molecular formula is C12H19N. The van der Waals surface area contributed by atoms with Crippen LogP contribution >= 0.6 is 0 Å². The van der Waals surface area contributed by atoms with Gasteiger partial charge in [0.25, 0.3) is 0 Å². The van der Waals surface area contributed by atoms with Gasteiger partial charge in [-0.25, -0.2) is 0 Å². The van der Waals surface area contributed by atoms with Crippen molar-refractivity contribution in [3.63, 3.8) is 0 Å². The number of likely N-dealkylation sites (N-methyl/N-ethyl adjacent to an activating group) is 1. The minimum absolute atomic E-state index is 1.09. The molecule has 0 N–H and O–H groups in total. The van der Waals surface area contributed by atoms with Crippen molar-refractivity contribution in [1.82, 2.24) is 4.90 Å². The first-order chi connectivity index (χ1) is 6.27. The molecule has 1 aliphatic heterocycles. The van der Waals surface area contributed by atoms with Crippen LogP contribution in [-0.2, 0) is 0 Å². The Kier molecular flexibility index (Phi) is 3.97. The van der Waals surface area contributed by atoms with E-state index in [-0.39, 0.29) is 0 Å². The largest absolute Gasteiger partial charge is 0.302 e. The Balaban J connectivity index is 2.86. The van der Waals surface area contributed by atoms with Crippen LogP contribution in [0.1, 0.15) is 20.3 Å². The number of nitrogens with zero attached hydrogens (tertiary/aromatic N) is 1. The summed E-state index contributed by atoms with van der Waals surface area (Å²) < 4.78 is 0. The number of hydrogen-bond donors (Lipinski definition) is 0. The molecule has 0 bridgehead atoms. The summed E-state index contributed by atoms with van der Waals surface area (Å²) in [6.45, 7) is 6.43. The average molecular weight is 177 g/mol. The van der Waals surface area contributed by atoms with Crippen LogP contribution in [0.5, 0.6) is 0 Å². The van der Waals surface area contributed by atoms with Gasteiger partial charge in [-0.05, 0) is 38.5 Å². The lowest BCUT2D eigenvalue weighted by molar-refractivity contribution is 0.354. The lowest BCUT2D eigenvalue weighted by Gasteiger charge is -2.25. The summed E-state index contributed by atoms with van der Waals surface area (Å²) in [5.74, 6) is 0. The molecule has 1 aliphatic rings. The zero-order valence-electron chi connectivity index (χ0n) is 8.88. The first-order valence-electron chi connectivity index (χ1n) is 4.94. The van der Waals surface area contributed by atoms with Crippen LogP contribution in [0.3, 0.4) is 0 Å². The van der Waals surface area contributed by atoms with Crippen molar-refractivity contribution < 1.29 is 0 Å². The quantitative estimate of drug-likeness (QED) is 0.627. The van der Waals surface area contributed by atoms with Crippen molar-refractivity contribution in [2.75, 3.05) is 20.1 Å². The Labute approximate surface area is 81.4 Å². The van der Waals surface area contributed by atoms with Crippen molar-refractivity contribution in [3.8, 4) is 0 Å². The molecule has 0 aromatic carbocycles. The molecule has 0 aromatic heterocycles. The summed E-state index contributed by atoms with van der Waals surface area (Å²) in [5.41, 5.74) is 2.97. The molecule has 1 heterocycles. The van der Waals surface area contributed by atoms with E-state index >= 15 is 0 Å². The standard InChI is InChI=1S/C12H19N/c1-4-6-11-8-9-13(3)10-12(11)7-5-2/h4-7H,8-10H2,1-3H3/b6-4-,7-5-. The second-order valence-electron chi connectivity index (χ2n) is 3.54. The fourth-order valence-electron chi connectivity index (χ4n) is 1.70. The molecule has 1 rings (SSSR count). The van der Waals surface area contributed by atoms with Gasteiger partial charge in [-0.3, -0.25) is 0 Å². The molecule has 0 unspecified atom stereocenters. The normalized spacial score (nSPS) is 20.8. The van der Waals surface area contributed by atoms with Crippen LogP contribution in [0.15, 0.2) is 35.5 Å². The molecule has 0 aliphatic carbocycles. The van der Waals surface area contributed by atoms with Crippen LogP contribution in [-0.4, -0.2) is 25.0 Å². The topological polar surface area (TPSA) is 3.24 Å². The Bertz CT molecular complexity index is 246. The minimum atomic E-state index is 1.09. The van der Waals surface area contributed by atoms with Gasteiger partial charge in [0.05, 0.1) is 0 Å². The maximum atomic E-state index is 2.36. The van der Waals surface area contributed by atoms with Crippen molar-refractivity contribution in [3.05, 3.63) is 35.5 Å². The van der Waals surface area contributed by atoms with Gasteiger partial charge in [0.1, 0.15) is 0 Å². The van der Waals surface area contributed by atoms with E-state index in [1.807, 2.05) is 0 Å². The van der Waals surface area contributed by atoms with Gasteiger partial charge in [0.2, 0.25) is 0 Å². The lowest BCUT2D eigenvalue weighted by Crippen LogP contribution is -2.27. The van der Waals surface area contributed by atoms with Crippen LogP contribution in [0.4, 0.5) is 0 Å². The van der Waals surface area contributed by atoms with Crippen LogP contribution in [0, 0.1) is 0 Å². The molecule has 0 aromatic rings. The van der Waals surface area contributed by atoms with Crippen molar-refractivity contribution in [1.29, 1.82) is 0 Å². The van der Waals surface area contributed by atoms with E-state index in [0.29, 0.717) is 0 Å². The molecule has 0 saturated heterocycles. The number of hydrogen-bond acceptors (Lipinski definition) is 1. The molecule has 0 amide bonds. The predicted molar refractivity (Wildman–Crippen MR) is 58.8 cm³/mol. The Morgan fingerprint density at radius 3 is 2.31 bits per heavy atom. The molecule has 0 saturated carbocycles.